The monoisotopic (exact) mass is 363 g/mol. The molecule has 2 heterocycles. The average molecular weight is 364 g/mol. The van der Waals surface area contributed by atoms with Crippen LogP contribution in [0.25, 0.3) is 0 Å². The Hall–Kier alpha value is -2.38. The van der Waals surface area contributed by atoms with Gasteiger partial charge in [-0.25, -0.2) is 0 Å². The number of methoxy groups -OCH3 is 1. The second-order valence-corrected chi connectivity index (χ2v) is 6.76. The van der Waals surface area contributed by atoms with Crippen LogP contribution in [-0.4, -0.2) is 23.2 Å². The van der Waals surface area contributed by atoms with Gasteiger partial charge in [-0.3, -0.25) is 10.1 Å². The topological polar surface area (TPSA) is 77.2 Å². The number of halogens is 1. The van der Waals surface area contributed by atoms with Crippen molar-refractivity contribution in [1.29, 1.82) is 0 Å². The molecular formula is C16H14ClN3O3S. The number of aromatic nitrogens is 2. The highest BCUT2D eigenvalue weighted by molar-refractivity contribution is 7.16. The number of hydrogen-bond acceptors (Lipinski definition) is 6. The molecule has 24 heavy (non-hydrogen) atoms. The number of hydrogen-bond donors (Lipinski definition) is 1. The van der Waals surface area contributed by atoms with Crippen LogP contribution in [0.3, 0.4) is 0 Å². The van der Waals surface area contributed by atoms with E-state index in [1.165, 1.54) is 11.3 Å². The van der Waals surface area contributed by atoms with Crippen LogP contribution < -0.4 is 10.1 Å². The van der Waals surface area contributed by atoms with Crippen LogP contribution in [0.4, 0.5) is 6.01 Å². The summed E-state index contributed by atoms with van der Waals surface area (Å²) in [4.78, 5) is 13.0. The van der Waals surface area contributed by atoms with E-state index in [0.29, 0.717) is 16.6 Å². The number of benzene rings is 1. The molecule has 3 aromatic rings. The Morgan fingerprint density at radius 3 is 2.71 bits per heavy atom. The van der Waals surface area contributed by atoms with Crippen molar-refractivity contribution in [3.63, 3.8) is 0 Å². The number of thiophene rings is 1. The molecule has 3 rings (SSSR count). The maximum absolute atomic E-state index is 12.0. The van der Waals surface area contributed by atoms with E-state index >= 15 is 0 Å². The molecule has 0 aliphatic heterocycles. The van der Waals surface area contributed by atoms with Crippen molar-refractivity contribution in [1.82, 2.24) is 10.2 Å². The molecule has 0 saturated heterocycles. The van der Waals surface area contributed by atoms with Crippen LogP contribution in [0.2, 0.25) is 4.34 Å². The third-order valence-corrected chi connectivity index (χ3v) is 4.42. The van der Waals surface area contributed by atoms with E-state index in [0.717, 1.165) is 16.2 Å². The second kappa shape index (κ2) is 7.46. The first kappa shape index (κ1) is 16.5. The molecule has 1 amide bonds. The fourth-order valence-electron chi connectivity index (χ4n) is 2.06. The first-order valence-corrected chi connectivity index (χ1v) is 8.31. The zero-order chi connectivity index (χ0) is 16.9. The van der Waals surface area contributed by atoms with Gasteiger partial charge in [-0.05, 0) is 29.8 Å². The summed E-state index contributed by atoms with van der Waals surface area (Å²) < 4.78 is 11.2. The first-order chi connectivity index (χ1) is 11.6. The Morgan fingerprint density at radius 1 is 1.25 bits per heavy atom. The fourth-order valence-corrected chi connectivity index (χ4v) is 3.14. The maximum atomic E-state index is 12.0. The number of rotatable bonds is 6. The maximum Gasteiger partial charge on any atom is 0.322 e. The third-order valence-electron chi connectivity index (χ3n) is 3.19. The van der Waals surface area contributed by atoms with Gasteiger partial charge in [-0.1, -0.05) is 28.8 Å². The molecule has 1 aromatic carbocycles. The molecule has 124 valence electrons. The van der Waals surface area contributed by atoms with Crippen molar-refractivity contribution in [2.75, 3.05) is 12.4 Å². The van der Waals surface area contributed by atoms with E-state index in [4.69, 9.17) is 20.8 Å². The zero-order valence-electron chi connectivity index (χ0n) is 12.8. The van der Waals surface area contributed by atoms with Gasteiger partial charge in [0.25, 0.3) is 0 Å². The number of amides is 1. The minimum absolute atomic E-state index is 0.0890. The summed E-state index contributed by atoms with van der Waals surface area (Å²) in [6, 6.07) is 11.1. The van der Waals surface area contributed by atoms with Crippen LogP contribution >= 0.6 is 22.9 Å². The van der Waals surface area contributed by atoms with Gasteiger partial charge in [0.05, 0.1) is 24.3 Å². The van der Waals surface area contributed by atoms with Crippen molar-refractivity contribution in [3.05, 3.63) is 57.1 Å². The Morgan fingerprint density at radius 2 is 2.04 bits per heavy atom. The molecule has 0 fully saturated rings. The Labute approximate surface area is 147 Å². The van der Waals surface area contributed by atoms with Crippen LogP contribution in [-0.2, 0) is 17.6 Å². The molecule has 0 atom stereocenters. The van der Waals surface area contributed by atoms with Crippen LogP contribution in [0.15, 0.2) is 40.8 Å². The van der Waals surface area contributed by atoms with Gasteiger partial charge in [-0.15, -0.1) is 16.4 Å². The normalized spacial score (nSPS) is 10.6. The summed E-state index contributed by atoms with van der Waals surface area (Å²) >= 11 is 7.33. The SMILES string of the molecule is COc1ccc(CC(=O)Nc2nnc(Cc3ccc(Cl)s3)o2)cc1. The van der Waals surface area contributed by atoms with Crippen molar-refractivity contribution >= 4 is 34.9 Å². The van der Waals surface area contributed by atoms with Crippen LogP contribution in [0.5, 0.6) is 5.75 Å². The largest absolute Gasteiger partial charge is 0.497 e. The quantitative estimate of drug-likeness (QED) is 0.724. The number of nitrogens with zero attached hydrogens (tertiary/aromatic N) is 2. The molecule has 0 radical (unpaired) electrons. The lowest BCUT2D eigenvalue weighted by atomic mass is 10.1. The lowest BCUT2D eigenvalue weighted by Crippen LogP contribution is -2.14. The molecule has 2 aromatic heterocycles. The highest BCUT2D eigenvalue weighted by Gasteiger charge is 2.12. The van der Waals surface area contributed by atoms with Crippen molar-refractivity contribution < 1.29 is 13.9 Å². The number of carbonyl (C=O) groups is 1. The Kier molecular flexibility index (Phi) is 5.12. The summed E-state index contributed by atoms with van der Waals surface area (Å²) in [5.74, 6) is 0.942. The van der Waals surface area contributed by atoms with Gasteiger partial charge in [-0.2, -0.15) is 0 Å². The first-order valence-electron chi connectivity index (χ1n) is 7.12. The molecular weight excluding hydrogens is 350 g/mol. The van der Waals surface area contributed by atoms with Crippen molar-refractivity contribution in [2.45, 2.75) is 12.8 Å². The summed E-state index contributed by atoms with van der Waals surface area (Å²) in [7, 11) is 1.60. The molecule has 0 aliphatic carbocycles. The molecule has 0 unspecified atom stereocenters. The van der Waals surface area contributed by atoms with Gasteiger partial charge >= 0.3 is 6.01 Å². The van der Waals surface area contributed by atoms with Gasteiger partial charge in [0.15, 0.2) is 0 Å². The molecule has 0 aliphatic rings. The number of carbonyl (C=O) groups excluding carboxylic acids is 1. The number of nitrogens with one attached hydrogen (secondary N) is 1. The molecule has 6 nitrogen and oxygen atoms in total. The highest BCUT2D eigenvalue weighted by Crippen LogP contribution is 2.23. The van der Waals surface area contributed by atoms with E-state index in [9.17, 15) is 4.79 Å². The molecule has 0 spiro atoms. The predicted octanol–water partition coefficient (Wildman–Crippen LogP) is 3.57. The second-order valence-electron chi connectivity index (χ2n) is 4.96. The summed E-state index contributed by atoms with van der Waals surface area (Å²) in [5.41, 5.74) is 0.862. The number of ether oxygens (including phenoxy) is 1. The van der Waals surface area contributed by atoms with Gasteiger partial charge in [0.2, 0.25) is 11.8 Å². The van der Waals surface area contributed by atoms with Gasteiger partial charge < -0.3 is 9.15 Å². The molecule has 0 saturated carbocycles. The van der Waals surface area contributed by atoms with Gasteiger partial charge in [0, 0.05) is 4.88 Å². The van der Waals surface area contributed by atoms with E-state index in [2.05, 4.69) is 15.5 Å². The van der Waals surface area contributed by atoms with Crippen LogP contribution in [0.1, 0.15) is 16.3 Å². The Bertz CT molecular complexity index is 829. The lowest BCUT2D eigenvalue weighted by molar-refractivity contribution is -0.115. The molecule has 8 heteroatoms. The average Bonchev–Trinajstić information content (AvgIpc) is 3.17. The van der Waals surface area contributed by atoms with Crippen molar-refractivity contribution in [2.24, 2.45) is 0 Å². The zero-order valence-corrected chi connectivity index (χ0v) is 14.4. The van der Waals surface area contributed by atoms with E-state index in [-0.39, 0.29) is 18.3 Å². The third kappa shape index (κ3) is 4.33. The summed E-state index contributed by atoms with van der Waals surface area (Å²) in [6.07, 6.45) is 0.695. The standard InChI is InChI=1S/C16H14ClN3O3S/c1-22-11-4-2-10(3-5-11)8-14(21)18-16-20-19-15(23-16)9-12-6-7-13(17)24-12/h2-7H,8-9H2,1H3,(H,18,20,21). The smallest absolute Gasteiger partial charge is 0.322 e. The van der Waals surface area contributed by atoms with E-state index in [1.54, 1.807) is 19.2 Å². The lowest BCUT2D eigenvalue weighted by Gasteiger charge is -2.03. The van der Waals surface area contributed by atoms with Crippen LogP contribution in [0, 0.1) is 0 Å². The predicted molar refractivity (Wildman–Crippen MR) is 91.8 cm³/mol. The molecule has 0 bridgehead atoms. The fraction of sp³-hybridized carbons (Fsp3) is 0.188. The Balaban J connectivity index is 1.56. The minimum Gasteiger partial charge on any atom is -0.497 e. The highest BCUT2D eigenvalue weighted by atomic mass is 35.5. The van der Waals surface area contributed by atoms with E-state index in [1.807, 2.05) is 24.3 Å². The molecule has 1 N–H and O–H groups in total. The van der Waals surface area contributed by atoms with Crippen molar-refractivity contribution in [3.8, 4) is 5.75 Å². The summed E-state index contributed by atoms with van der Waals surface area (Å²) in [5, 5.41) is 10.3. The minimum atomic E-state index is -0.227. The van der Waals surface area contributed by atoms with Gasteiger partial charge in [0.1, 0.15) is 5.75 Å². The number of anilines is 1. The van der Waals surface area contributed by atoms with E-state index < -0.39 is 0 Å². The summed E-state index contributed by atoms with van der Waals surface area (Å²) in [6.45, 7) is 0.